The highest BCUT2D eigenvalue weighted by Crippen LogP contribution is 1.98. The third-order valence-electron chi connectivity index (χ3n) is 1.68. The van der Waals surface area contributed by atoms with Crippen LogP contribution in [-0.4, -0.2) is 31.9 Å². The van der Waals surface area contributed by atoms with Gasteiger partial charge in [-0.3, -0.25) is 9.48 Å². The van der Waals surface area contributed by atoms with E-state index in [4.69, 9.17) is 10.8 Å². The summed E-state index contributed by atoms with van der Waals surface area (Å²) in [5.41, 5.74) is 5.35. The first kappa shape index (κ1) is 9.66. The third-order valence-corrected chi connectivity index (χ3v) is 1.68. The number of hydrogen-bond donors (Lipinski definition) is 2. The highest BCUT2D eigenvalue weighted by molar-refractivity contribution is 5.73. The van der Waals surface area contributed by atoms with Gasteiger partial charge in [0.1, 0.15) is 17.7 Å². The molecule has 0 fully saturated rings. The molecule has 3 N–H and O–H groups in total. The van der Waals surface area contributed by atoms with Crippen molar-refractivity contribution in [2.24, 2.45) is 12.8 Å². The standard InChI is InChI=1S/C7H12N4O2/c1-4-9-6(11(2)10-4)3-5(8)7(12)13/h5H,3,8H2,1-2H3,(H,12,13). The fourth-order valence-electron chi connectivity index (χ4n) is 1.02. The minimum absolute atomic E-state index is 0.201. The summed E-state index contributed by atoms with van der Waals surface area (Å²) in [4.78, 5) is 14.5. The molecule has 0 spiro atoms. The lowest BCUT2D eigenvalue weighted by Gasteiger charge is -2.04. The first-order chi connectivity index (χ1) is 6.00. The number of carboxylic acid groups (broad SMARTS) is 1. The molecule has 13 heavy (non-hydrogen) atoms. The SMILES string of the molecule is Cc1nc(CC(N)C(=O)O)n(C)n1. The Labute approximate surface area is 75.4 Å². The average molecular weight is 184 g/mol. The summed E-state index contributed by atoms with van der Waals surface area (Å²) in [6.07, 6.45) is 0.201. The van der Waals surface area contributed by atoms with Crippen molar-refractivity contribution in [3.8, 4) is 0 Å². The normalized spacial score (nSPS) is 12.8. The second-order valence-electron chi connectivity index (χ2n) is 2.85. The molecule has 0 aliphatic rings. The molecule has 1 heterocycles. The number of aliphatic carboxylic acids is 1. The van der Waals surface area contributed by atoms with E-state index in [9.17, 15) is 4.79 Å². The molecular weight excluding hydrogens is 172 g/mol. The molecule has 0 amide bonds. The van der Waals surface area contributed by atoms with Crippen molar-refractivity contribution in [1.82, 2.24) is 14.8 Å². The van der Waals surface area contributed by atoms with Crippen LogP contribution in [0.5, 0.6) is 0 Å². The van der Waals surface area contributed by atoms with Crippen molar-refractivity contribution >= 4 is 5.97 Å². The van der Waals surface area contributed by atoms with Crippen molar-refractivity contribution in [1.29, 1.82) is 0 Å². The number of nitrogens with two attached hydrogens (primary N) is 1. The van der Waals surface area contributed by atoms with Gasteiger partial charge in [-0.1, -0.05) is 0 Å². The number of aryl methyl sites for hydroxylation is 2. The van der Waals surface area contributed by atoms with Gasteiger partial charge in [0.25, 0.3) is 0 Å². The monoisotopic (exact) mass is 184 g/mol. The van der Waals surface area contributed by atoms with Crippen LogP contribution in [0.3, 0.4) is 0 Å². The van der Waals surface area contributed by atoms with Crippen LogP contribution in [0.25, 0.3) is 0 Å². The summed E-state index contributed by atoms with van der Waals surface area (Å²) in [5, 5.41) is 12.5. The Morgan fingerprint density at radius 1 is 1.77 bits per heavy atom. The molecular formula is C7H12N4O2. The smallest absolute Gasteiger partial charge is 0.320 e. The molecule has 72 valence electrons. The van der Waals surface area contributed by atoms with E-state index in [-0.39, 0.29) is 6.42 Å². The average Bonchev–Trinajstić information content (AvgIpc) is 2.30. The van der Waals surface area contributed by atoms with Crippen molar-refractivity contribution in [2.45, 2.75) is 19.4 Å². The van der Waals surface area contributed by atoms with E-state index in [1.807, 2.05) is 0 Å². The molecule has 1 atom stereocenters. The molecule has 1 rings (SSSR count). The molecule has 0 radical (unpaired) electrons. The zero-order chi connectivity index (χ0) is 10.0. The molecule has 0 bridgehead atoms. The molecule has 0 aliphatic carbocycles. The second kappa shape index (κ2) is 3.53. The van der Waals surface area contributed by atoms with Crippen LogP contribution >= 0.6 is 0 Å². The minimum atomic E-state index is -1.03. The number of aromatic nitrogens is 3. The van der Waals surface area contributed by atoms with E-state index in [1.165, 1.54) is 4.68 Å². The quantitative estimate of drug-likeness (QED) is 0.633. The van der Waals surface area contributed by atoms with Crippen molar-refractivity contribution in [3.63, 3.8) is 0 Å². The Morgan fingerprint density at radius 2 is 2.38 bits per heavy atom. The van der Waals surface area contributed by atoms with Gasteiger partial charge < -0.3 is 10.8 Å². The van der Waals surface area contributed by atoms with Crippen LogP contribution in [0.1, 0.15) is 11.6 Å². The summed E-state index contributed by atoms with van der Waals surface area (Å²) in [6.45, 7) is 1.75. The van der Waals surface area contributed by atoms with Crippen LogP contribution in [0.15, 0.2) is 0 Å². The predicted octanol–water partition coefficient (Wildman–Crippen LogP) is -0.922. The topological polar surface area (TPSA) is 94.0 Å². The maximum atomic E-state index is 10.4. The third kappa shape index (κ3) is 2.25. The predicted molar refractivity (Wildman–Crippen MR) is 45.1 cm³/mol. The van der Waals surface area contributed by atoms with Gasteiger partial charge in [0.15, 0.2) is 0 Å². The number of carbonyl (C=O) groups is 1. The number of nitrogens with zero attached hydrogens (tertiary/aromatic N) is 3. The highest BCUT2D eigenvalue weighted by Gasteiger charge is 2.15. The van der Waals surface area contributed by atoms with E-state index >= 15 is 0 Å². The molecule has 1 unspecified atom stereocenters. The maximum absolute atomic E-state index is 10.4. The Kier molecular flexibility index (Phi) is 2.62. The molecule has 0 aromatic carbocycles. The molecule has 0 aliphatic heterocycles. The van der Waals surface area contributed by atoms with E-state index in [0.29, 0.717) is 11.6 Å². The molecule has 0 saturated carbocycles. The number of rotatable bonds is 3. The molecule has 6 nitrogen and oxygen atoms in total. The molecule has 1 aromatic heterocycles. The zero-order valence-electron chi connectivity index (χ0n) is 7.56. The van der Waals surface area contributed by atoms with Gasteiger partial charge in [-0.2, -0.15) is 5.10 Å². The Balaban J connectivity index is 2.74. The van der Waals surface area contributed by atoms with E-state index in [2.05, 4.69) is 10.1 Å². The van der Waals surface area contributed by atoms with E-state index in [0.717, 1.165) is 0 Å². The lowest BCUT2D eigenvalue weighted by molar-refractivity contribution is -0.138. The van der Waals surface area contributed by atoms with Gasteiger partial charge in [0.05, 0.1) is 0 Å². The molecule has 0 saturated heterocycles. The molecule has 1 aromatic rings. The van der Waals surface area contributed by atoms with Gasteiger partial charge in [-0.05, 0) is 6.92 Å². The van der Waals surface area contributed by atoms with Crippen molar-refractivity contribution < 1.29 is 9.90 Å². The lowest BCUT2D eigenvalue weighted by atomic mass is 10.2. The maximum Gasteiger partial charge on any atom is 0.320 e. The summed E-state index contributed by atoms with van der Waals surface area (Å²) < 4.78 is 1.54. The van der Waals surface area contributed by atoms with E-state index < -0.39 is 12.0 Å². The number of hydrogen-bond acceptors (Lipinski definition) is 4. The fourth-order valence-corrected chi connectivity index (χ4v) is 1.02. The van der Waals surface area contributed by atoms with Gasteiger partial charge in [0.2, 0.25) is 0 Å². The van der Waals surface area contributed by atoms with Crippen LogP contribution in [0.2, 0.25) is 0 Å². The summed E-state index contributed by atoms with van der Waals surface area (Å²) in [6, 6.07) is -0.915. The number of carboxylic acids is 1. The van der Waals surface area contributed by atoms with Crippen LogP contribution in [0.4, 0.5) is 0 Å². The summed E-state index contributed by atoms with van der Waals surface area (Å²) in [7, 11) is 1.71. The Hall–Kier alpha value is -1.43. The largest absolute Gasteiger partial charge is 0.480 e. The van der Waals surface area contributed by atoms with Crippen molar-refractivity contribution in [3.05, 3.63) is 11.6 Å². The summed E-state index contributed by atoms with van der Waals surface area (Å²) in [5.74, 6) is 0.183. The second-order valence-corrected chi connectivity index (χ2v) is 2.85. The minimum Gasteiger partial charge on any atom is -0.480 e. The van der Waals surface area contributed by atoms with Crippen LogP contribution < -0.4 is 5.73 Å². The first-order valence-electron chi connectivity index (χ1n) is 3.85. The Bertz CT molecular complexity index is 320. The van der Waals surface area contributed by atoms with Crippen molar-refractivity contribution in [2.75, 3.05) is 0 Å². The zero-order valence-corrected chi connectivity index (χ0v) is 7.56. The van der Waals surface area contributed by atoms with Crippen LogP contribution in [-0.2, 0) is 18.3 Å². The highest BCUT2D eigenvalue weighted by atomic mass is 16.4. The van der Waals surface area contributed by atoms with Gasteiger partial charge in [-0.15, -0.1) is 0 Å². The Morgan fingerprint density at radius 3 is 2.77 bits per heavy atom. The van der Waals surface area contributed by atoms with Gasteiger partial charge in [0, 0.05) is 13.5 Å². The summed E-state index contributed by atoms with van der Waals surface area (Å²) >= 11 is 0. The molecule has 6 heteroatoms. The van der Waals surface area contributed by atoms with E-state index in [1.54, 1.807) is 14.0 Å². The first-order valence-corrected chi connectivity index (χ1v) is 3.85. The fraction of sp³-hybridized carbons (Fsp3) is 0.571. The van der Waals surface area contributed by atoms with Gasteiger partial charge >= 0.3 is 5.97 Å². The lowest BCUT2D eigenvalue weighted by Crippen LogP contribution is -2.33. The van der Waals surface area contributed by atoms with Gasteiger partial charge in [-0.25, -0.2) is 4.98 Å². The van der Waals surface area contributed by atoms with Crippen LogP contribution in [0, 0.1) is 6.92 Å².